The third-order valence-corrected chi connectivity index (χ3v) is 2.50. The Hall–Kier alpha value is -1.49. The van der Waals surface area contributed by atoms with Crippen molar-refractivity contribution in [2.75, 3.05) is 6.54 Å². The first-order valence-corrected chi connectivity index (χ1v) is 5.25. The van der Waals surface area contributed by atoms with Crippen molar-refractivity contribution in [3.63, 3.8) is 0 Å². The molecule has 0 radical (unpaired) electrons. The SMILES string of the molecule is CC(C)(NCCc1cc(F)ccc1F)C(=O)O. The number of aliphatic carboxylic acids is 1. The van der Waals surface area contributed by atoms with Gasteiger partial charge in [-0.2, -0.15) is 0 Å². The van der Waals surface area contributed by atoms with Gasteiger partial charge in [0.05, 0.1) is 0 Å². The summed E-state index contributed by atoms with van der Waals surface area (Å²) in [6.07, 6.45) is 0.236. The minimum absolute atomic E-state index is 0.235. The van der Waals surface area contributed by atoms with Crippen LogP contribution in [0.15, 0.2) is 18.2 Å². The van der Waals surface area contributed by atoms with Crippen molar-refractivity contribution < 1.29 is 18.7 Å². The highest BCUT2D eigenvalue weighted by Crippen LogP contribution is 2.10. The zero-order valence-electron chi connectivity index (χ0n) is 9.76. The van der Waals surface area contributed by atoms with Gasteiger partial charge in [-0.25, -0.2) is 8.78 Å². The molecule has 0 unspecified atom stereocenters. The Kier molecular flexibility index (Phi) is 4.17. The Labute approximate surface area is 98.5 Å². The summed E-state index contributed by atoms with van der Waals surface area (Å²) in [5.74, 6) is -1.97. The van der Waals surface area contributed by atoms with Crippen LogP contribution in [-0.4, -0.2) is 23.2 Å². The Morgan fingerprint density at radius 3 is 2.65 bits per heavy atom. The van der Waals surface area contributed by atoms with Crippen LogP contribution < -0.4 is 5.32 Å². The number of hydrogen-bond donors (Lipinski definition) is 2. The first-order valence-electron chi connectivity index (χ1n) is 5.25. The van der Waals surface area contributed by atoms with Crippen LogP contribution in [0.2, 0.25) is 0 Å². The van der Waals surface area contributed by atoms with Gasteiger partial charge >= 0.3 is 5.97 Å². The monoisotopic (exact) mass is 243 g/mol. The van der Waals surface area contributed by atoms with Gasteiger partial charge in [-0.15, -0.1) is 0 Å². The molecule has 3 nitrogen and oxygen atoms in total. The van der Waals surface area contributed by atoms with E-state index in [1.807, 2.05) is 0 Å². The fraction of sp³-hybridized carbons (Fsp3) is 0.417. The minimum Gasteiger partial charge on any atom is -0.480 e. The number of carboxylic acid groups (broad SMARTS) is 1. The maximum Gasteiger partial charge on any atom is 0.323 e. The second-order valence-electron chi connectivity index (χ2n) is 4.34. The molecule has 0 saturated heterocycles. The molecule has 0 aliphatic heterocycles. The highest BCUT2D eigenvalue weighted by atomic mass is 19.1. The van der Waals surface area contributed by atoms with Crippen molar-refractivity contribution in [1.82, 2.24) is 5.32 Å². The highest BCUT2D eigenvalue weighted by molar-refractivity contribution is 5.77. The number of rotatable bonds is 5. The fourth-order valence-corrected chi connectivity index (χ4v) is 1.32. The number of hydrogen-bond acceptors (Lipinski definition) is 2. The van der Waals surface area contributed by atoms with Gasteiger partial charge in [0, 0.05) is 6.54 Å². The lowest BCUT2D eigenvalue weighted by atomic mass is 10.1. The first-order chi connectivity index (χ1) is 7.83. The summed E-state index contributed by atoms with van der Waals surface area (Å²) in [6.45, 7) is 3.29. The average molecular weight is 243 g/mol. The summed E-state index contributed by atoms with van der Waals surface area (Å²) in [4.78, 5) is 10.8. The van der Waals surface area contributed by atoms with Gasteiger partial charge in [0.25, 0.3) is 0 Å². The summed E-state index contributed by atoms with van der Waals surface area (Å²) in [5.41, 5.74) is -0.845. The third kappa shape index (κ3) is 3.78. The van der Waals surface area contributed by atoms with Gasteiger partial charge in [0.15, 0.2) is 0 Å². The van der Waals surface area contributed by atoms with E-state index in [9.17, 15) is 13.6 Å². The lowest BCUT2D eigenvalue weighted by Crippen LogP contribution is -2.47. The van der Waals surface area contributed by atoms with E-state index < -0.39 is 23.1 Å². The zero-order valence-corrected chi connectivity index (χ0v) is 9.76. The highest BCUT2D eigenvalue weighted by Gasteiger charge is 2.25. The maximum absolute atomic E-state index is 13.2. The Morgan fingerprint density at radius 2 is 2.06 bits per heavy atom. The van der Waals surface area contributed by atoms with Crippen molar-refractivity contribution in [2.24, 2.45) is 0 Å². The van der Waals surface area contributed by atoms with E-state index in [-0.39, 0.29) is 18.5 Å². The lowest BCUT2D eigenvalue weighted by molar-refractivity contribution is -0.143. The topological polar surface area (TPSA) is 49.3 Å². The molecule has 94 valence electrons. The molecule has 0 bridgehead atoms. The smallest absolute Gasteiger partial charge is 0.323 e. The first kappa shape index (κ1) is 13.6. The van der Waals surface area contributed by atoms with Crippen molar-refractivity contribution in [1.29, 1.82) is 0 Å². The fourth-order valence-electron chi connectivity index (χ4n) is 1.32. The summed E-state index contributed by atoms with van der Waals surface area (Å²) in [7, 11) is 0. The molecule has 0 spiro atoms. The van der Waals surface area contributed by atoms with Gasteiger partial charge in [-0.1, -0.05) is 0 Å². The van der Waals surface area contributed by atoms with Crippen LogP contribution in [0.5, 0.6) is 0 Å². The summed E-state index contributed by atoms with van der Waals surface area (Å²) >= 11 is 0. The zero-order chi connectivity index (χ0) is 13.1. The number of carbonyl (C=O) groups is 1. The number of nitrogens with one attached hydrogen (secondary N) is 1. The van der Waals surface area contributed by atoms with E-state index in [1.165, 1.54) is 13.8 Å². The molecule has 0 heterocycles. The van der Waals surface area contributed by atoms with Crippen LogP contribution in [-0.2, 0) is 11.2 Å². The van der Waals surface area contributed by atoms with Crippen LogP contribution in [0.3, 0.4) is 0 Å². The lowest BCUT2D eigenvalue weighted by Gasteiger charge is -2.20. The van der Waals surface area contributed by atoms with E-state index in [2.05, 4.69) is 5.32 Å². The van der Waals surface area contributed by atoms with E-state index in [0.717, 1.165) is 18.2 Å². The van der Waals surface area contributed by atoms with Crippen molar-refractivity contribution in [2.45, 2.75) is 25.8 Å². The molecule has 1 aromatic carbocycles. The molecule has 0 aliphatic carbocycles. The largest absolute Gasteiger partial charge is 0.480 e. The van der Waals surface area contributed by atoms with Crippen LogP contribution >= 0.6 is 0 Å². The van der Waals surface area contributed by atoms with Crippen LogP contribution in [0, 0.1) is 11.6 Å². The van der Waals surface area contributed by atoms with Crippen LogP contribution in [0.1, 0.15) is 19.4 Å². The number of halogens is 2. The molecule has 1 aromatic rings. The maximum atomic E-state index is 13.2. The van der Waals surface area contributed by atoms with Gasteiger partial charge in [0.1, 0.15) is 17.2 Å². The predicted octanol–water partition coefficient (Wildman–Crippen LogP) is 1.96. The average Bonchev–Trinajstić information content (AvgIpc) is 2.22. The molecule has 1 rings (SSSR count). The third-order valence-electron chi connectivity index (χ3n) is 2.50. The summed E-state index contributed by atoms with van der Waals surface area (Å²) in [5, 5.41) is 11.6. The normalized spacial score (nSPS) is 11.5. The summed E-state index contributed by atoms with van der Waals surface area (Å²) < 4.78 is 26.1. The molecule has 0 saturated carbocycles. The molecule has 0 atom stereocenters. The van der Waals surface area contributed by atoms with E-state index in [0.29, 0.717) is 0 Å². The second-order valence-corrected chi connectivity index (χ2v) is 4.34. The molecule has 0 aliphatic rings. The van der Waals surface area contributed by atoms with E-state index >= 15 is 0 Å². The predicted molar refractivity (Wildman–Crippen MR) is 59.8 cm³/mol. The Morgan fingerprint density at radius 1 is 1.41 bits per heavy atom. The van der Waals surface area contributed by atoms with Gasteiger partial charge in [-0.05, 0) is 44.0 Å². The molecule has 0 aromatic heterocycles. The van der Waals surface area contributed by atoms with Gasteiger partial charge < -0.3 is 10.4 Å². The molecule has 2 N–H and O–H groups in total. The van der Waals surface area contributed by atoms with Crippen molar-refractivity contribution in [3.05, 3.63) is 35.4 Å². The van der Waals surface area contributed by atoms with Crippen LogP contribution in [0.4, 0.5) is 8.78 Å². The number of benzene rings is 1. The second kappa shape index (κ2) is 5.23. The molecular formula is C12H15F2NO2. The van der Waals surface area contributed by atoms with E-state index in [4.69, 9.17) is 5.11 Å². The Bertz CT molecular complexity index is 419. The molecule has 0 fully saturated rings. The quantitative estimate of drug-likeness (QED) is 0.831. The molecular weight excluding hydrogens is 228 g/mol. The standard InChI is InChI=1S/C12H15F2NO2/c1-12(2,11(16)17)15-6-5-8-7-9(13)3-4-10(8)14/h3-4,7,15H,5-6H2,1-2H3,(H,16,17). The van der Waals surface area contributed by atoms with Gasteiger partial charge in [0.2, 0.25) is 0 Å². The minimum atomic E-state index is -1.08. The molecule has 5 heteroatoms. The van der Waals surface area contributed by atoms with Crippen molar-refractivity contribution >= 4 is 5.97 Å². The molecule has 0 amide bonds. The number of carboxylic acids is 1. The Balaban J connectivity index is 2.57. The summed E-state index contributed by atoms with van der Waals surface area (Å²) in [6, 6.07) is 3.23. The molecule has 17 heavy (non-hydrogen) atoms. The van der Waals surface area contributed by atoms with Crippen LogP contribution in [0.25, 0.3) is 0 Å². The van der Waals surface area contributed by atoms with Crippen molar-refractivity contribution in [3.8, 4) is 0 Å². The van der Waals surface area contributed by atoms with Gasteiger partial charge in [-0.3, -0.25) is 4.79 Å². The van der Waals surface area contributed by atoms with E-state index in [1.54, 1.807) is 0 Å².